The van der Waals surface area contributed by atoms with Crippen molar-refractivity contribution in [3.05, 3.63) is 60.5 Å². The minimum absolute atomic E-state index is 0.149. The number of urea groups is 1. The molecule has 0 saturated heterocycles. The van der Waals surface area contributed by atoms with Crippen LogP contribution >= 0.6 is 11.3 Å². The van der Waals surface area contributed by atoms with E-state index in [1.807, 2.05) is 64.3 Å². The summed E-state index contributed by atoms with van der Waals surface area (Å²) in [6, 6.07) is 15.1. The highest BCUT2D eigenvalue weighted by molar-refractivity contribution is 7.23. The van der Waals surface area contributed by atoms with Crippen LogP contribution in [-0.2, 0) is 5.41 Å². The Morgan fingerprint density at radius 3 is 2.61 bits per heavy atom. The average Bonchev–Trinajstić information content (AvgIpc) is 3.16. The molecule has 6 rings (SSSR count). The lowest BCUT2D eigenvalue weighted by atomic mass is 9.93. The fourth-order valence-electron chi connectivity index (χ4n) is 4.24. The molecule has 3 aromatic heterocycles. The molecule has 1 saturated carbocycles. The number of benzene rings is 2. The number of amides is 2. The summed E-state index contributed by atoms with van der Waals surface area (Å²) in [7, 11) is 2.00. The average molecular weight is 531 g/mol. The molecule has 0 atom stereocenters. The van der Waals surface area contributed by atoms with Crippen LogP contribution < -0.4 is 20.7 Å². The lowest BCUT2D eigenvalue weighted by Crippen LogP contribution is -2.33. The molecule has 2 amide bonds. The molecule has 10 heteroatoms. The van der Waals surface area contributed by atoms with Crippen LogP contribution in [0.1, 0.15) is 39.4 Å². The van der Waals surface area contributed by atoms with Gasteiger partial charge in [-0.05, 0) is 50.2 Å². The molecule has 9 nitrogen and oxygen atoms in total. The van der Waals surface area contributed by atoms with Gasteiger partial charge < -0.3 is 19.9 Å². The van der Waals surface area contributed by atoms with Crippen LogP contribution in [0.4, 0.5) is 16.3 Å². The van der Waals surface area contributed by atoms with Crippen LogP contribution in [-0.4, -0.2) is 39.8 Å². The Morgan fingerprint density at radius 1 is 1.13 bits per heavy atom. The highest BCUT2D eigenvalue weighted by atomic mass is 32.1. The number of anilines is 2. The first-order valence-electron chi connectivity index (χ1n) is 12.6. The molecule has 38 heavy (non-hydrogen) atoms. The Hall–Kier alpha value is -3.89. The number of carbonyl (C=O) groups excluding carboxylic acids is 1. The standard InChI is InChI=1S/C28H30N6O3S/c1-27(2,3)23-14-24(33-37-23)32-25(35)30-18-7-5-17(6-8-18)20-15-34-21-10-9-19(13-22(21)38-26(34)31-20)36-16-28(29-4)11-12-28/h5-10,13-15,29H,11-12,16H2,1-4H3,(H2,30,32,33,35). The van der Waals surface area contributed by atoms with Crippen molar-refractivity contribution in [1.82, 2.24) is 19.9 Å². The molecule has 0 spiro atoms. The highest BCUT2D eigenvalue weighted by Gasteiger charge is 2.41. The number of likely N-dealkylation sites (N-methyl/N-ethyl adjacent to an activating group) is 1. The van der Waals surface area contributed by atoms with Crippen molar-refractivity contribution in [2.24, 2.45) is 0 Å². The van der Waals surface area contributed by atoms with Crippen molar-refractivity contribution >= 4 is 44.1 Å². The molecule has 3 heterocycles. The largest absolute Gasteiger partial charge is 0.492 e. The number of hydrogen-bond donors (Lipinski definition) is 3. The molecule has 5 aromatic rings. The van der Waals surface area contributed by atoms with Crippen LogP contribution in [0.25, 0.3) is 26.4 Å². The number of ether oxygens (including phenoxy) is 1. The predicted molar refractivity (Wildman–Crippen MR) is 150 cm³/mol. The minimum atomic E-state index is -0.387. The quantitative estimate of drug-likeness (QED) is 0.229. The maximum atomic E-state index is 12.4. The summed E-state index contributed by atoms with van der Waals surface area (Å²) in [6.07, 6.45) is 4.36. The van der Waals surface area contributed by atoms with E-state index in [2.05, 4.69) is 37.6 Å². The monoisotopic (exact) mass is 530 g/mol. The number of nitrogens with zero attached hydrogens (tertiary/aromatic N) is 3. The SMILES string of the molecule is CNC1(COc2ccc3c(c2)sc2nc(-c4ccc(NC(=O)Nc5cc(C(C)(C)C)on5)cc4)cn23)CC1. The molecule has 0 aliphatic heterocycles. The third-order valence-electron chi connectivity index (χ3n) is 6.89. The molecule has 2 aromatic carbocycles. The van der Waals surface area contributed by atoms with Gasteiger partial charge in [0, 0.05) is 28.9 Å². The third-order valence-corrected chi connectivity index (χ3v) is 7.91. The van der Waals surface area contributed by atoms with E-state index in [1.165, 1.54) is 0 Å². The summed E-state index contributed by atoms with van der Waals surface area (Å²) < 4.78 is 14.6. The van der Waals surface area contributed by atoms with Gasteiger partial charge in [-0.25, -0.2) is 9.78 Å². The first kappa shape index (κ1) is 24.4. The van der Waals surface area contributed by atoms with E-state index in [4.69, 9.17) is 14.2 Å². The van der Waals surface area contributed by atoms with Gasteiger partial charge in [-0.2, -0.15) is 0 Å². The zero-order chi connectivity index (χ0) is 26.5. The van der Waals surface area contributed by atoms with Gasteiger partial charge in [0.05, 0.1) is 21.4 Å². The number of carbonyl (C=O) groups is 1. The Bertz CT molecular complexity index is 1620. The summed E-state index contributed by atoms with van der Waals surface area (Å²) in [5.41, 5.74) is 3.57. The van der Waals surface area contributed by atoms with Gasteiger partial charge in [0.1, 0.15) is 18.1 Å². The van der Waals surface area contributed by atoms with Gasteiger partial charge in [-0.3, -0.25) is 9.72 Å². The topological polar surface area (TPSA) is 106 Å². The number of nitrogens with one attached hydrogen (secondary N) is 3. The van der Waals surface area contributed by atoms with E-state index in [0.717, 1.165) is 45.0 Å². The van der Waals surface area contributed by atoms with Crippen LogP contribution in [0.5, 0.6) is 5.75 Å². The van der Waals surface area contributed by atoms with Crippen molar-refractivity contribution < 1.29 is 14.1 Å². The molecule has 196 valence electrons. The number of imidazole rings is 1. The van der Waals surface area contributed by atoms with E-state index in [9.17, 15) is 4.79 Å². The number of thiazole rings is 1. The number of fused-ring (bicyclic) bond motifs is 3. The molecule has 0 unspecified atom stereocenters. The number of rotatable bonds is 7. The maximum absolute atomic E-state index is 12.4. The Kier molecular flexibility index (Phi) is 5.88. The molecule has 1 aliphatic rings. The Morgan fingerprint density at radius 2 is 1.92 bits per heavy atom. The zero-order valence-electron chi connectivity index (χ0n) is 21.8. The van der Waals surface area contributed by atoms with E-state index in [0.29, 0.717) is 23.9 Å². The summed E-state index contributed by atoms with van der Waals surface area (Å²) >= 11 is 1.64. The predicted octanol–water partition coefficient (Wildman–Crippen LogP) is 6.28. The summed E-state index contributed by atoms with van der Waals surface area (Å²) in [5.74, 6) is 1.96. The van der Waals surface area contributed by atoms with Gasteiger partial charge in [0.25, 0.3) is 0 Å². The summed E-state index contributed by atoms with van der Waals surface area (Å²) in [6.45, 7) is 6.75. The van der Waals surface area contributed by atoms with Crippen LogP contribution in [0, 0.1) is 0 Å². The smallest absolute Gasteiger partial charge is 0.324 e. The van der Waals surface area contributed by atoms with Crippen LogP contribution in [0.15, 0.2) is 59.3 Å². The number of aromatic nitrogens is 3. The highest BCUT2D eigenvalue weighted by Crippen LogP contribution is 2.36. The normalized spacial score (nSPS) is 14.6. The van der Waals surface area contributed by atoms with E-state index >= 15 is 0 Å². The first-order chi connectivity index (χ1) is 18.2. The van der Waals surface area contributed by atoms with Gasteiger partial charge in [-0.15, -0.1) is 0 Å². The second kappa shape index (κ2) is 9.14. The minimum Gasteiger partial charge on any atom is -0.492 e. The van der Waals surface area contributed by atoms with E-state index in [1.54, 1.807) is 17.4 Å². The molecule has 1 aliphatic carbocycles. The zero-order valence-corrected chi connectivity index (χ0v) is 22.6. The van der Waals surface area contributed by atoms with Crippen molar-refractivity contribution in [1.29, 1.82) is 0 Å². The van der Waals surface area contributed by atoms with Gasteiger partial charge >= 0.3 is 6.03 Å². The van der Waals surface area contributed by atoms with Crippen LogP contribution in [0.2, 0.25) is 0 Å². The lowest BCUT2D eigenvalue weighted by Gasteiger charge is -2.15. The number of hydrogen-bond acceptors (Lipinski definition) is 7. The van der Waals surface area contributed by atoms with E-state index in [-0.39, 0.29) is 17.0 Å². The Balaban J connectivity index is 1.12. The molecular weight excluding hydrogens is 500 g/mol. The fourth-order valence-corrected chi connectivity index (χ4v) is 5.28. The fraction of sp³-hybridized carbons (Fsp3) is 0.321. The second-order valence-corrected chi connectivity index (χ2v) is 11.8. The lowest BCUT2D eigenvalue weighted by molar-refractivity contribution is 0.260. The maximum Gasteiger partial charge on any atom is 0.324 e. The van der Waals surface area contributed by atoms with E-state index < -0.39 is 0 Å². The molecule has 0 radical (unpaired) electrons. The third kappa shape index (κ3) is 4.84. The van der Waals surface area contributed by atoms with Gasteiger partial charge in [0.15, 0.2) is 10.8 Å². The molecule has 3 N–H and O–H groups in total. The Labute approximate surface area is 224 Å². The van der Waals surface area contributed by atoms with Gasteiger partial charge in [0.2, 0.25) is 0 Å². The molecule has 1 fully saturated rings. The van der Waals surface area contributed by atoms with Crippen molar-refractivity contribution in [2.45, 2.75) is 44.6 Å². The second-order valence-electron chi connectivity index (χ2n) is 10.8. The molecular formula is C28H30N6O3S. The summed E-state index contributed by atoms with van der Waals surface area (Å²) in [5, 5.41) is 12.8. The van der Waals surface area contributed by atoms with Gasteiger partial charge in [-0.1, -0.05) is 49.4 Å². The molecule has 0 bridgehead atoms. The van der Waals surface area contributed by atoms with Crippen molar-refractivity contribution in [3.63, 3.8) is 0 Å². The van der Waals surface area contributed by atoms with Crippen LogP contribution in [0.3, 0.4) is 0 Å². The summed E-state index contributed by atoms with van der Waals surface area (Å²) in [4.78, 5) is 18.2. The first-order valence-corrected chi connectivity index (χ1v) is 13.4. The van der Waals surface area contributed by atoms with Crippen molar-refractivity contribution in [2.75, 3.05) is 24.3 Å². The van der Waals surface area contributed by atoms with Crippen molar-refractivity contribution in [3.8, 4) is 17.0 Å².